The largest absolute Gasteiger partial charge is 0.490 e. The molecule has 2 aliphatic heterocycles. The van der Waals surface area contributed by atoms with E-state index in [0.717, 1.165) is 12.8 Å². The molecule has 15 heteroatoms. The van der Waals surface area contributed by atoms with E-state index in [2.05, 4.69) is 10.0 Å². The van der Waals surface area contributed by atoms with Crippen molar-refractivity contribution in [1.82, 2.24) is 9.80 Å². The van der Waals surface area contributed by atoms with Crippen molar-refractivity contribution in [3.05, 3.63) is 71.2 Å². The Hall–Kier alpha value is -4.24. The molecule has 0 fully saturated rings. The van der Waals surface area contributed by atoms with Gasteiger partial charge in [-0.1, -0.05) is 18.5 Å². The Bertz CT molecular complexity index is 1790. The number of rotatable bonds is 8. The minimum Gasteiger partial charge on any atom is -0.490 e. The Morgan fingerprint density at radius 3 is 2.47 bits per heavy atom. The first-order chi connectivity index (χ1) is 24.3. The van der Waals surface area contributed by atoms with E-state index in [-0.39, 0.29) is 60.7 Å². The van der Waals surface area contributed by atoms with Crippen molar-refractivity contribution in [2.45, 2.75) is 63.2 Å². The minimum absolute atomic E-state index is 0.00752. The van der Waals surface area contributed by atoms with Crippen molar-refractivity contribution in [3.8, 4) is 17.2 Å². The molecule has 0 radical (unpaired) electrons. The lowest BCUT2D eigenvalue weighted by Gasteiger charge is -2.35. The van der Waals surface area contributed by atoms with Gasteiger partial charge >= 0.3 is 6.03 Å². The second kappa shape index (κ2) is 16.9. The lowest BCUT2D eigenvalue weighted by molar-refractivity contribution is -0.0115. The Morgan fingerprint density at radius 1 is 1.02 bits per heavy atom. The average molecular weight is 745 g/mol. The number of benzene rings is 3. The third-order valence-electron chi connectivity index (χ3n) is 8.85. The molecule has 0 spiro atoms. The SMILES string of the molecule is C[C@@H]1CCCCO[C@H](CN(C)C(=O)Nc2ccc3c(c2)OCO3)[C@H](C)CN([C@@H](C)CO)C(=O)c2cc(NS(=O)(=O)c3ccc(Cl)cc3)ccc2O1. The molecule has 2 heterocycles. The van der Waals surface area contributed by atoms with Crippen molar-refractivity contribution in [3.63, 3.8) is 0 Å². The van der Waals surface area contributed by atoms with Crippen LogP contribution < -0.4 is 24.2 Å². The van der Waals surface area contributed by atoms with E-state index in [9.17, 15) is 23.1 Å². The van der Waals surface area contributed by atoms with Gasteiger partial charge in [0, 0.05) is 55.1 Å². The highest BCUT2D eigenvalue weighted by molar-refractivity contribution is 7.92. The van der Waals surface area contributed by atoms with Gasteiger partial charge in [-0.05, 0) is 87.7 Å². The number of fused-ring (bicyclic) bond motifs is 2. The van der Waals surface area contributed by atoms with Gasteiger partial charge < -0.3 is 39.2 Å². The summed E-state index contributed by atoms with van der Waals surface area (Å²) in [5, 5.41) is 13.5. The molecule has 3 amide bonds. The summed E-state index contributed by atoms with van der Waals surface area (Å²) in [5.41, 5.74) is 0.852. The zero-order valence-electron chi connectivity index (χ0n) is 29.1. The van der Waals surface area contributed by atoms with Gasteiger partial charge in [-0.25, -0.2) is 13.2 Å². The van der Waals surface area contributed by atoms with Gasteiger partial charge in [0.15, 0.2) is 11.5 Å². The number of sulfonamides is 1. The molecule has 5 rings (SSSR count). The maximum Gasteiger partial charge on any atom is 0.321 e. The number of likely N-dealkylation sites (N-methyl/N-ethyl adjacent to an activating group) is 1. The van der Waals surface area contributed by atoms with Gasteiger partial charge in [0.2, 0.25) is 6.79 Å². The summed E-state index contributed by atoms with van der Waals surface area (Å²) in [7, 11) is -2.33. The average Bonchev–Trinajstić information content (AvgIpc) is 3.57. The molecule has 0 bridgehead atoms. The number of carbonyl (C=O) groups excluding carboxylic acids is 2. The van der Waals surface area contributed by atoms with E-state index in [1.165, 1.54) is 40.1 Å². The number of hydrogen-bond acceptors (Lipinski definition) is 9. The fraction of sp³-hybridized carbons (Fsp3) is 0.444. The van der Waals surface area contributed by atoms with Crippen LogP contribution >= 0.6 is 11.6 Å². The smallest absolute Gasteiger partial charge is 0.321 e. The summed E-state index contributed by atoms with van der Waals surface area (Å²) in [5.74, 6) is 0.714. The first kappa shape index (κ1) is 38.0. The van der Waals surface area contributed by atoms with Crippen LogP contribution in [-0.4, -0.2) is 93.7 Å². The number of aliphatic hydroxyl groups is 1. The number of urea groups is 1. The van der Waals surface area contributed by atoms with E-state index in [1.807, 2.05) is 13.8 Å². The predicted octanol–water partition coefficient (Wildman–Crippen LogP) is 5.83. The van der Waals surface area contributed by atoms with Crippen LogP contribution in [0.1, 0.15) is 50.4 Å². The molecule has 3 N–H and O–H groups in total. The molecule has 4 atom stereocenters. The molecular formula is C36H45ClN4O9S. The maximum atomic E-state index is 14.4. The number of hydrogen-bond donors (Lipinski definition) is 3. The van der Waals surface area contributed by atoms with E-state index in [1.54, 1.807) is 44.3 Å². The molecule has 276 valence electrons. The lowest BCUT2D eigenvalue weighted by atomic mass is 10.0. The molecule has 13 nitrogen and oxygen atoms in total. The van der Waals surface area contributed by atoms with E-state index in [4.69, 9.17) is 30.5 Å². The molecule has 0 aromatic heterocycles. The molecule has 0 saturated carbocycles. The molecule has 0 aliphatic carbocycles. The van der Waals surface area contributed by atoms with Crippen LogP contribution in [0.25, 0.3) is 0 Å². The van der Waals surface area contributed by atoms with Crippen LogP contribution in [0.5, 0.6) is 17.2 Å². The van der Waals surface area contributed by atoms with Gasteiger partial charge in [0.05, 0.1) is 35.3 Å². The highest BCUT2D eigenvalue weighted by atomic mass is 35.5. The Kier molecular flexibility index (Phi) is 12.6. The number of aliphatic hydroxyl groups excluding tert-OH is 1. The zero-order chi connectivity index (χ0) is 36.7. The van der Waals surface area contributed by atoms with E-state index < -0.39 is 28.1 Å². The summed E-state index contributed by atoms with van der Waals surface area (Å²) in [4.78, 5) is 30.7. The number of anilines is 2. The summed E-state index contributed by atoms with van der Waals surface area (Å²) in [6, 6.07) is 14.5. The van der Waals surface area contributed by atoms with Crippen LogP contribution in [0.4, 0.5) is 16.2 Å². The monoisotopic (exact) mass is 744 g/mol. The molecule has 51 heavy (non-hydrogen) atoms. The number of amides is 3. The molecule has 3 aromatic carbocycles. The van der Waals surface area contributed by atoms with Gasteiger partial charge in [-0.2, -0.15) is 0 Å². The summed E-state index contributed by atoms with van der Waals surface area (Å²) < 4.78 is 52.4. The molecular weight excluding hydrogens is 700 g/mol. The second-order valence-corrected chi connectivity index (χ2v) is 15.1. The van der Waals surface area contributed by atoms with E-state index in [0.29, 0.717) is 41.0 Å². The minimum atomic E-state index is -4.01. The Balaban J connectivity index is 1.39. The van der Waals surface area contributed by atoms with Gasteiger partial charge in [0.25, 0.3) is 15.9 Å². The first-order valence-electron chi connectivity index (χ1n) is 16.9. The number of ether oxygens (including phenoxy) is 4. The van der Waals surface area contributed by atoms with Crippen LogP contribution in [0, 0.1) is 5.92 Å². The van der Waals surface area contributed by atoms with Crippen molar-refractivity contribution in [1.29, 1.82) is 0 Å². The fourth-order valence-electron chi connectivity index (χ4n) is 5.82. The zero-order valence-corrected chi connectivity index (χ0v) is 30.7. The lowest BCUT2D eigenvalue weighted by Crippen LogP contribution is -2.48. The highest BCUT2D eigenvalue weighted by Crippen LogP contribution is 2.34. The van der Waals surface area contributed by atoms with Crippen molar-refractivity contribution in [2.75, 3.05) is 50.2 Å². The quantitative estimate of drug-likeness (QED) is 0.258. The Labute approximate surface area is 303 Å². The van der Waals surface area contributed by atoms with E-state index >= 15 is 0 Å². The summed E-state index contributed by atoms with van der Waals surface area (Å²) in [6.07, 6.45) is 1.49. The second-order valence-electron chi connectivity index (χ2n) is 12.9. The van der Waals surface area contributed by atoms with Gasteiger partial charge in [-0.3, -0.25) is 9.52 Å². The molecule has 3 aromatic rings. The van der Waals surface area contributed by atoms with Crippen LogP contribution in [-0.2, 0) is 14.8 Å². The van der Waals surface area contributed by atoms with Crippen LogP contribution in [0.3, 0.4) is 0 Å². The van der Waals surface area contributed by atoms with Gasteiger partial charge in [0.1, 0.15) is 5.75 Å². The molecule has 2 aliphatic rings. The first-order valence-corrected chi connectivity index (χ1v) is 18.7. The highest BCUT2D eigenvalue weighted by Gasteiger charge is 2.31. The van der Waals surface area contributed by atoms with Crippen molar-refractivity contribution in [2.24, 2.45) is 5.92 Å². The van der Waals surface area contributed by atoms with Gasteiger partial charge in [-0.15, -0.1) is 0 Å². The van der Waals surface area contributed by atoms with Crippen LogP contribution in [0.2, 0.25) is 5.02 Å². The van der Waals surface area contributed by atoms with Crippen molar-refractivity contribution >= 4 is 44.9 Å². The number of nitrogens with one attached hydrogen (secondary N) is 2. The van der Waals surface area contributed by atoms with Crippen LogP contribution in [0.15, 0.2) is 65.6 Å². The molecule has 0 saturated heterocycles. The predicted molar refractivity (Wildman–Crippen MR) is 193 cm³/mol. The Morgan fingerprint density at radius 2 is 1.73 bits per heavy atom. The molecule has 0 unspecified atom stereocenters. The van der Waals surface area contributed by atoms with Crippen molar-refractivity contribution < 1.29 is 42.1 Å². The topological polar surface area (TPSA) is 156 Å². The maximum absolute atomic E-state index is 14.4. The standard InChI is InChI=1S/C36H45ClN4O9S/c1-23-19-41(24(2)21-42)35(43)30-17-28(39-51(45,46)29-12-8-26(37)9-13-29)11-14-31(30)50-25(3)7-5-6-16-47-34(23)20-40(4)36(44)38-27-10-15-32-33(18-27)49-22-48-32/h8-15,17-18,23-25,34,39,42H,5-7,16,19-22H2,1-4H3,(H,38,44)/t23-,24+,25-,34-/m1/s1. The third-order valence-corrected chi connectivity index (χ3v) is 10.5. The number of halogens is 1. The third kappa shape index (κ3) is 9.76. The summed E-state index contributed by atoms with van der Waals surface area (Å²) >= 11 is 5.95. The number of nitrogens with zero attached hydrogens (tertiary/aromatic N) is 2. The fourth-order valence-corrected chi connectivity index (χ4v) is 7.00. The summed E-state index contributed by atoms with van der Waals surface area (Å²) in [6.45, 7) is 6.20. The number of carbonyl (C=O) groups is 2. The normalized spacial score (nSPS) is 20.4.